The summed E-state index contributed by atoms with van der Waals surface area (Å²) in [6.07, 6.45) is 7.58. The second kappa shape index (κ2) is 6.35. The van der Waals surface area contributed by atoms with E-state index in [1.807, 2.05) is 29.6 Å². The molecule has 0 saturated heterocycles. The molecule has 1 unspecified atom stereocenters. The minimum Gasteiger partial charge on any atom is -0.366 e. The zero-order chi connectivity index (χ0) is 17.4. The molecule has 1 aliphatic heterocycles. The molecule has 2 N–H and O–H groups in total. The largest absolute Gasteiger partial charge is 0.366 e. The second-order valence-corrected chi connectivity index (χ2v) is 7.03. The number of carbonyl (C=O) groups excluding carboxylic acids is 2. The van der Waals surface area contributed by atoms with Crippen LogP contribution in [0.4, 0.5) is 0 Å². The van der Waals surface area contributed by atoms with E-state index in [0.29, 0.717) is 24.7 Å². The monoisotopic (exact) mass is 338 g/mol. The number of primary amides is 1. The van der Waals surface area contributed by atoms with Crippen molar-refractivity contribution in [3.8, 4) is 0 Å². The molecule has 2 aromatic rings. The average molecular weight is 338 g/mol. The molecule has 1 saturated carbocycles. The van der Waals surface area contributed by atoms with E-state index in [2.05, 4.69) is 9.55 Å². The molecule has 2 heterocycles. The average Bonchev–Trinajstić information content (AvgIpc) is 3.35. The van der Waals surface area contributed by atoms with Crippen LogP contribution in [0.5, 0.6) is 0 Å². The highest BCUT2D eigenvalue weighted by Crippen LogP contribution is 2.32. The van der Waals surface area contributed by atoms with Gasteiger partial charge in [-0.3, -0.25) is 9.59 Å². The molecule has 6 nitrogen and oxygen atoms in total. The summed E-state index contributed by atoms with van der Waals surface area (Å²) in [6, 6.07) is 7.60. The summed E-state index contributed by atoms with van der Waals surface area (Å²) in [5.41, 5.74) is 8.02. The molecule has 1 atom stereocenters. The van der Waals surface area contributed by atoms with Crippen molar-refractivity contribution in [3.63, 3.8) is 0 Å². The molecule has 0 radical (unpaired) electrons. The maximum absolute atomic E-state index is 13.1. The Morgan fingerprint density at radius 2 is 2.12 bits per heavy atom. The first-order valence-corrected chi connectivity index (χ1v) is 8.80. The predicted octanol–water partition coefficient (Wildman–Crippen LogP) is 1.74. The van der Waals surface area contributed by atoms with Gasteiger partial charge in [0.15, 0.2) is 0 Å². The summed E-state index contributed by atoms with van der Waals surface area (Å²) in [4.78, 5) is 30.7. The van der Waals surface area contributed by atoms with Crippen LogP contribution in [-0.2, 0) is 24.3 Å². The fraction of sp³-hybridized carbons (Fsp3) is 0.421. The molecular weight excluding hydrogens is 316 g/mol. The van der Waals surface area contributed by atoms with Crippen molar-refractivity contribution in [2.24, 2.45) is 11.7 Å². The van der Waals surface area contributed by atoms with Crippen LogP contribution >= 0.6 is 0 Å². The lowest BCUT2D eigenvalue weighted by molar-refractivity contribution is -0.137. The molecule has 1 aromatic carbocycles. The lowest BCUT2D eigenvalue weighted by atomic mass is 9.96. The number of imidazole rings is 1. The number of benzene rings is 1. The Bertz CT molecular complexity index is 809. The van der Waals surface area contributed by atoms with Gasteiger partial charge in [-0.15, -0.1) is 0 Å². The van der Waals surface area contributed by atoms with E-state index >= 15 is 0 Å². The third-order valence-electron chi connectivity index (χ3n) is 5.15. The van der Waals surface area contributed by atoms with E-state index in [-0.39, 0.29) is 11.8 Å². The van der Waals surface area contributed by atoms with Gasteiger partial charge in [-0.05, 0) is 43.4 Å². The Kier molecular flexibility index (Phi) is 4.03. The molecule has 6 heteroatoms. The van der Waals surface area contributed by atoms with Crippen molar-refractivity contribution in [3.05, 3.63) is 53.6 Å². The zero-order valence-corrected chi connectivity index (χ0v) is 14.1. The Labute approximate surface area is 146 Å². The van der Waals surface area contributed by atoms with Crippen LogP contribution in [0.25, 0.3) is 0 Å². The van der Waals surface area contributed by atoms with Crippen LogP contribution in [-0.4, -0.2) is 32.3 Å². The van der Waals surface area contributed by atoms with Crippen molar-refractivity contribution >= 4 is 11.8 Å². The SMILES string of the molecule is NC(=O)c1cccc(CN(C(=O)C2CCc3cncn3C2)C2CC2)c1. The maximum Gasteiger partial charge on any atom is 0.248 e. The summed E-state index contributed by atoms with van der Waals surface area (Å²) >= 11 is 0. The van der Waals surface area contributed by atoms with Crippen molar-refractivity contribution in [2.45, 2.75) is 44.8 Å². The van der Waals surface area contributed by atoms with Crippen LogP contribution in [0, 0.1) is 5.92 Å². The Morgan fingerprint density at radius 1 is 1.28 bits per heavy atom. The Morgan fingerprint density at radius 3 is 2.88 bits per heavy atom. The number of fused-ring (bicyclic) bond motifs is 1. The molecule has 1 fully saturated rings. The zero-order valence-electron chi connectivity index (χ0n) is 14.1. The Balaban J connectivity index is 1.51. The third-order valence-corrected chi connectivity index (χ3v) is 5.15. The summed E-state index contributed by atoms with van der Waals surface area (Å²) < 4.78 is 2.09. The van der Waals surface area contributed by atoms with Crippen molar-refractivity contribution < 1.29 is 9.59 Å². The van der Waals surface area contributed by atoms with Gasteiger partial charge < -0.3 is 15.2 Å². The van der Waals surface area contributed by atoms with Gasteiger partial charge in [0.1, 0.15) is 0 Å². The first kappa shape index (κ1) is 15.9. The number of carbonyl (C=O) groups is 2. The highest BCUT2D eigenvalue weighted by atomic mass is 16.2. The quantitative estimate of drug-likeness (QED) is 0.901. The van der Waals surface area contributed by atoms with Gasteiger partial charge >= 0.3 is 0 Å². The molecule has 2 amide bonds. The molecule has 0 bridgehead atoms. The number of hydrogen-bond acceptors (Lipinski definition) is 3. The molecule has 1 aliphatic carbocycles. The number of amides is 2. The molecular formula is C19H22N4O2. The van der Waals surface area contributed by atoms with Crippen molar-refractivity contribution in [1.29, 1.82) is 0 Å². The van der Waals surface area contributed by atoms with Crippen LogP contribution < -0.4 is 5.73 Å². The van der Waals surface area contributed by atoms with Crippen LogP contribution in [0.3, 0.4) is 0 Å². The van der Waals surface area contributed by atoms with Crippen molar-refractivity contribution in [1.82, 2.24) is 14.5 Å². The molecule has 0 spiro atoms. The fourth-order valence-corrected chi connectivity index (χ4v) is 3.60. The van der Waals surface area contributed by atoms with E-state index < -0.39 is 5.91 Å². The topological polar surface area (TPSA) is 81.2 Å². The van der Waals surface area contributed by atoms with Gasteiger partial charge in [0.25, 0.3) is 0 Å². The smallest absolute Gasteiger partial charge is 0.248 e. The first-order valence-electron chi connectivity index (χ1n) is 8.80. The summed E-state index contributed by atoms with van der Waals surface area (Å²) in [7, 11) is 0. The lowest BCUT2D eigenvalue weighted by Crippen LogP contribution is -2.40. The number of nitrogens with zero attached hydrogens (tertiary/aromatic N) is 3. The highest BCUT2D eigenvalue weighted by molar-refractivity contribution is 5.92. The van der Waals surface area contributed by atoms with Crippen LogP contribution in [0.1, 0.15) is 40.9 Å². The second-order valence-electron chi connectivity index (χ2n) is 7.03. The molecule has 25 heavy (non-hydrogen) atoms. The van der Waals surface area contributed by atoms with Crippen molar-refractivity contribution in [2.75, 3.05) is 0 Å². The fourth-order valence-electron chi connectivity index (χ4n) is 3.60. The van der Waals surface area contributed by atoms with E-state index in [4.69, 9.17) is 5.73 Å². The van der Waals surface area contributed by atoms with E-state index in [0.717, 1.165) is 31.2 Å². The number of nitrogens with two attached hydrogens (primary N) is 1. The summed E-state index contributed by atoms with van der Waals surface area (Å²) in [5, 5.41) is 0. The highest BCUT2D eigenvalue weighted by Gasteiger charge is 2.37. The van der Waals surface area contributed by atoms with Gasteiger partial charge in [-0.2, -0.15) is 0 Å². The molecule has 1 aromatic heterocycles. The van der Waals surface area contributed by atoms with Gasteiger partial charge in [0, 0.05) is 36.6 Å². The minimum absolute atomic E-state index is 0.00150. The lowest BCUT2D eigenvalue weighted by Gasteiger charge is -2.30. The molecule has 130 valence electrons. The van der Waals surface area contributed by atoms with Gasteiger partial charge in [0.05, 0.1) is 12.2 Å². The standard InChI is InChI=1S/C19H22N4O2/c20-18(24)14-3-1-2-13(8-14)10-23(16-6-7-16)19(25)15-4-5-17-9-21-12-22(17)11-15/h1-3,8-9,12,15-16H,4-7,10-11H2,(H2,20,24). The van der Waals surface area contributed by atoms with Gasteiger partial charge in [-0.1, -0.05) is 12.1 Å². The third kappa shape index (κ3) is 3.29. The van der Waals surface area contributed by atoms with Crippen LogP contribution in [0.2, 0.25) is 0 Å². The van der Waals surface area contributed by atoms with Gasteiger partial charge in [-0.25, -0.2) is 4.98 Å². The maximum atomic E-state index is 13.1. The first-order chi connectivity index (χ1) is 12.1. The number of aryl methyl sites for hydroxylation is 1. The number of aromatic nitrogens is 2. The molecule has 4 rings (SSSR count). The van der Waals surface area contributed by atoms with Crippen LogP contribution in [0.15, 0.2) is 36.8 Å². The Hall–Kier alpha value is -2.63. The number of rotatable bonds is 5. The minimum atomic E-state index is -0.439. The van der Waals surface area contributed by atoms with E-state index in [1.165, 1.54) is 5.69 Å². The van der Waals surface area contributed by atoms with Gasteiger partial charge in [0.2, 0.25) is 11.8 Å². The van der Waals surface area contributed by atoms with E-state index in [9.17, 15) is 9.59 Å². The summed E-state index contributed by atoms with van der Waals surface area (Å²) in [5.74, 6) is -0.223. The predicted molar refractivity (Wildman–Crippen MR) is 92.6 cm³/mol. The summed E-state index contributed by atoms with van der Waals surface area (Å²) in [6.45, 7) is 1.25. The molecule has 2 aliphatic rings. The normalized spacial score (nSPS) is 19.3. The van der Waals surface area contributed by atoms with E-state index in [1.54, 1.807) is 12.1 Å². The number of hydrogen-bond donors (Lipinski definition) is 1.